The van der Waals surface area contributed by atoms with Crippen molar-refractivity contribution in [3.63, 3.8) is 0 Å². The molecule has 0 bridgehead atoms. The Bertz CT molecular complexity index is 697. The van der Waals surface area contributed by atoms with Crippen molar-refractivity contribution < 1.29 is 14.2 Å². The summed E-state index contributed by atoms with van der Waals surface area (Å²) < 4.78 is 0. The van der Waals surface area contributed by atoms with Gasteiger partial charge >= 0.3 is 42.4 Å². The van der Waals surface area contributed by atoms with Gasteiger partial charge in [-0.2, -0.15) is 0 Å². The maximum absolute atomic E-state index is 6.22. The number of rotatable bonds is 4. The van der Waals surface area contributed by atoms with Crippen molar-refractivity contribution in [2.24, 2.45) is 0 Å². The van der Waals surface area contributed by atoms with Crippen LogP contribution in [0.4, 0.5) is 11.4 Å². The van der Waals surface area contributed by atoms with Crippen molar-refractivity contribution in [1.29, 1.82) is 0 Å². The van der Waals surface area contributed by atoms with Gasteiger partial charge in [-0.3, -0.25) is 0 Å². The monoisotopic (exact) mass is 619 g/mol. The summed E-state index contributed by atoms with van der Waals surface area (Å²) in [5, 5.41) is 0.806. The van der Waals surface area contributed by atoms with E-state index in [1.54, 1.807) is 0 Å². The van der Waals surface area contributed by atoms with Crippen molar-refractivity contribution in [3.05, 3.63) is 47.5 Å². The van der Waals surface area contributed by atoms with Crippen LogP contribution in [0.5, 0.6) is 0 Å². The van der Waals surface area contributed by atoms with Crippen molar-refractivity contribution in [2.45, 2.75) is 16.2 Å². The SMILES string of the molecule is CN(C)CCCN1c2ccccc2[SH+]c2ccc(Cl)cc21.[Cl][Pt]([Cl])[Cl]. The zero-order chi connectivity index (χ0) is 18.4. The first-order valence-corrected chi connectivity index (χ1v) is 17.3. The molecule has 0 N–H and O–H groups in total. The van der Waals surface area contributed by atoms with E-state index >= 15 is 0 Å². The quantitative estimate of drug-likeness (QED) is 0.304. The molecular formula is C17H20Cl4N2PtS+. The Morgan fingerprint density at radius 3 is 2.32 bits per heavy atom. The van der Waals surface area contributed by atoms with Gasteiger partial charge in [-0.25, -0.2) is 0 Å². The molecular weight excluding hydrogens is 601 g/mol. The van der Waals surface area contributed by atoms with Crippen molar-refractivity contribution >= 4 is 63.0 Å². The van der Waals surface area contributed by atoms with Gasteiger partial charge < -0.3 is 9.80 Å². The fourth-order valence-corrected chi connectivity index (χ4v) is 3.98. The second kappa shape index (κ2) is 10.7. The summed E-state index contributed by atoms with van der Waals surface area (Å²) in [6, 6.07) is 14.9. The van der Waals surface area contributed by atoms with Crippen molar-refractivity contribution in [1.82, 2.24) is 4.90 Å². The third-order valence-electron chi connectivity index (χ3n) is 3.63. The second-order valence-corrected chi connectivity index (χ2v) is 17.1. The summed E-state index contributed by atoms with van der Waals surface area (Å²) in [5.74, 6) is 0. The van der Waals surface area contributed by atoms with Gasteiger partial charge in [-0.1, -0.05) is 23.7 Å². The van der Waals surface area contributed by atoms with Gasteiger partial charge in [0.2, 0.25) is 0 Å². The van der Waals surface area contributed by atoms with Gasteiger partial charge in [-0.15, -0.1) is 0 Å². The predicted octanol–water partition coefficient (Wildman–Crippen LogP) is 6.04. The van der Waals surface area contributed by atoms with Crippen LogP contribution in [0.1, 0.15) is 6.42 Å². The van der Waals surface area contributed by atoms with Crippen LogP contribution in [0.2, 0.25) is 5.02 Å². The van der Waals surface area contributed by atoms with E-state index in [9.17, 15) is 0 Å². The number of benzene rings is 2. The summed E-state index contributed by atoms with van der Waals surface area (Å²) in [7, 11) is 19.1. The first-order chi connectivity index (χ1) is 11.9. The molecule has 3 rings (SSSR count). The minimum atomic E-state index is -1.85. The number of anilines is 2. The van der Waals surface area contributed by atoms with Crippen LogP contribution >= 0.6 is 39.9 Å². The molecule has 1 heterocycles. The molecule has 0 aromatic heterocycles. The normalized spacial score (nSPS) is 12.9. The number of nitrogens with zero attached hydrogens (tertiary/aromatic N) is 2. The number of hydrogen-bond donors (Lipinski definition) is 0. The molecule has 0 fully saturated rings. The molecule has 141 valence electrons. The number of thiol groups is 1. The summed E-state index contributed by atoms with van der Waals surface area (Å²) in [6.45, 7) is 2.10. The third kappa shape index (κ3) is 6.81. The Labute approximate surface area is 176 Å². The van der Waals surface area contributed by atoms with Crippen LogP contribution in [0.3, 0.4) is 0 Å². The fourth-order valence-electron chi connectivity index (χ4n) is 2.64. The van der Waals surface area contributed by atoms with Crippen LogP contribution in [0.15, 0.2) is 52.3 Å². The first-order valence-electron chi connectivity index (χ1n) is 7.53. The zero-order valence-corrected chi connectivity index (χ0v) is 20.0. The standard InChI is InChI=1S/C17H19ClN2S.3ClH.Pt/c1-19(2)10-5-11-20-14-6-3-4-7-16(14)21-17-9-8-13(18)12-15(17)20;;;;/h3-4,6-9,12H,5,10-11H2,1-2H3;3*1H;/q;;;;+3/p-2. The maximum atomic E-state index is 6.22. The molecule has 8 heteroatoms. The van der Waals surface area contributed by atoms with Gasteiger partial charge in [-0.05, 0) is 57.4 Å². The molecule has 0 spiro atoms. The number of halogens is 4. The van der Waals surface area contributed by atoms with Gasteiger partial charge in [0.15, 0.2) is 9.79 Å². The summed E-state index contributed by atoms with van der Waals surface area (Å²) >= 11 is 5.63. The van der Waals surface area contributed by atoms with E-state index in [-0.39, 0.29) is 0 Å². The molecule has 25 heavy (non-hydrogen) atoms. The van der Waals surface area contributed by atoms with E-state index in [1.807, 2.05) is 6.07 Å². The van der Waals surface area contributed by atoms with E-state index in [2.05, 4.69) is 60.3 Å². The van der Waals surface area contributed by atoms with E-state index < -0.39 is 14.2 Å². The molecule has 2 aromatic rings. The van der Waals surface area contributed by atoms with Crippen LogP contribution in [0.25, 0.3) is 0 Å². The van der Waals surface area contributed by atoms with Crippen molar-refractivity contribution in [3.8, 4) is 0 Å². The van der Waals surface area contributed by atoms with E-state index in [0.717, 1.165) is 24.5 Å². The third-order valence-corrected chi connectivity index (χ3v) is 5.10. The van der Waals surface area contributed by atoms with E-state index in [4.69, 9.17) is 39.9 Å². The molecule has 0 aliphatic carbocycles. The fraction of sp³-hybridized carbons (Fsp3) is 0.294. The van der Waals surface area contributed by atoms with Crippen LogP contribution in [-0.2, 0) is 26.0 Å². The van der Waals surface area contributed by atoms with Gasteiger partial charge in [0, 0.05) is 11.6 Å². The van der Waals surface area contributed by atoms with Gasteiger partial charge in [0.25, 0.3) is 0 Å². The topological polar surface area (TPSA) is 6.48 Å². The second-order valence-electron chi connectivity index (χ2n) is 5.68. The van der Waals surface area contributed by atoms with Crippen molar-refractivity contribution in [2.75, 3.05) is 32.1 Å². The van der Waals surface area contributed by atoms with Crippen LogP contribution < -0.4 is 4.90 Å². The molecule has 0 amide bonds. The summed E-state index contributed by atoms with van der Waals surface area (Å²) in [4.78, 5) is 7.35. The van der Waals surface area contributed by atoms with Crippen LogP contribution in [0, 0.1) is 0 Å². The zero-order valence-electron chi connectivity index (χ0n) is 13.8. The van der Waals surface area contributed by atoms with Gasteiger partial charge in [0.05, 0.1) is 23.1 Å². The molecule has 2 nitrogen and oxygen atoms in total. The molecule has 0 atom stereocenters. The number of fused-ring (bicyclic) bond motifs is 2. The molecule has 2 aromatic carbocycles. The molecule has 0 saturated carbocycles. The Morgan fingerprint density at radius 2 is 1.64 bits per heavy atom. The molecule has 0 radical (unpaired) electrons. The Balaban J connectivity index is 0.000000511. The van der Waals surface area contributed by atoms with E-state index in [0.29, 0.717) is 0 Å². The molecule has 0 unspecified atom stereocenters. The first kappa shape index (κ1) is 21.7. The average Bonchev–Trinajstić information content (AvgIpc) is 2.54. The number of para-hydroxylation sites is 1. The minimum absolute atomic E-state index is 0.806. The predicted molar refractivity (Wildman–Crippen MR) is 111 cm³/mol. The molecule has 1 aliphatic heterocycles. The summed E-state index contributed by atoms with van der Waals surface area (Å²) in [5.41, 5.74) is 2.56. The van der Waals surface area contributed by atoms with E-state index in [1.165, 1.54) is 32.9 Å². The molecule has 1 aliphatic rings. The average molecular weight is 621 g/mol. The Morgan fingerprint density at radius 1 is 1.00 bits per heavy atom. The summed E-state index contributed by atoms with van der Waals surface area (Å²) in [6.07, 6.45) is 1.13. The Kier molecular flexibility index (Phi) is 9.25. The van der Waals surface area contributed by atoms with Gasteiger partial charge in [0.1, 0.15) is 0 Å². The number of hydrogen-bond acceptors (Lipinski definition) is 2. The molecule has 0 saturated heterocycles. The van der Waals surface area contributed by atoms with Crippen LogP contribution in [-0.4, -0.2) is 32.1 Å². The Hall–Kier alpha value is 0.398.